The summed E-state index contributed by atoms with van der Waals surface area (Å²) in [6.45, 7) is 1.04. The molecule has 1 spiro atoms. The number of hydrogen-bond donors (Lipinski definition) is 1. The Balaban J connectivity index is 1.72. The molecule has 0 radical (unpaired) electrons. The van der Waals surface area contributed by atoms with Crippen LogP contribution in [0.5, 0.6) is 0 Å². The Morgan fingerprint density at radius 2 is 1.67 bits per heavy atom. The fourth-order valence-electron chi connectivity index (χ4n) is 3.62. The van der Waals surface area contributed by atoms with Gasteiger partial charge in [0.1, 0.15) is 0 Å². The zero-order valence-electron chi connectivity index (χ0n) is 12.3. The molecule has 1 aromatic rings. The van der Waals surface area contributed by atoms with E-state index in [2.05, 4.69) is 0 Å². The normalized spacial score (nSPS) is 20.7. The predicted molar refractivity (Wildman–Crippen MR) is 80.3 cm³/mol. The lowest BCUT2D eigenvalue weighted by Crippen LogP contribution is -2.33. The number of nitrogens with two attached hydrogens (primary N) is 1. The highest BCUT2D eigenvalue weighted by Gasteiger charge is 2.52. The highest BCUT2D eigenvalue weighted by atomic mass is 16.2. The molecule has 4 heteroatoms. The fraction of sp³-hybridized carbons (Fsp3) is 0.529. The average molecular weight is 286 g/mol. The van der Waals surface area contributed by atoms with Crippen LogP contribution in [0.25, 0.3) is 0 Å². The van der Waals surface area contributed by atoms with Crippen molar-refractivity contribution in [3.05, 3.63) is 35.4 Å². The van der Waals surface area contributed by atoms with Gasteiger partial charge in [0.15, 0.2) is 0 Å². The summed E-state index contributed by atoms with van der Waals surface area (Å²) in [7, 11) is 0. The van der Waals surface area contributed by atoms with Crippen molar-refractivity contribution in [2.24, 2.45) is 11.1 Å². The van der Waals surface area contributed by atoms with E-state index in [9.17, 15) is 9.59 Å². The molecule has 0 unspecified atom stereocenters. The molecular formula is C17H22N2O2. The van der Waals surface area contributed by atoms with Gasteiger partial charge in [-0.15, -0.1) is 0 Å². The third-order valence-corrected chi connectivity index (χ3v) is 4.85. The van der Waals surface area contributed by atoms with Gasteiger partial charge in [0.2, 0.25) is 11.8 Å². The quantitative estimate of drug-likeness (QED) is 0.861. The van der Waals surface area contributed by atoms with E-state index in [0.29, 0.717) is 19.5 Å². The minimum absolute atomic E-state index is 0.00654. The van der Waals surface area contributed by atoms with Gasteiger partial charge in [0.05, 0.1) is 12.0 Å². The molecule has 1 aliphatic carbocycles. The molecule has 21 heavy (non-hydrogen) atoms. The van der Waals surface area contributed by atoms with Crippen molar-refractivity contribution < 1.29 is 9.59 Å². The predicted octanol–water partition coefficient (Wildman–Crippen LogP) is 2.01. The van der Waals surface area contributed by atoms with Crippen molar-refractivity contribution in [1.29, 1.82) is 0 Å². The molecule has 1 aliphatic heterocycles. The summed E-state index contributed by atoms with van der Waals surface area (Å²) >= 11 is 0. The van der Waals surface area contributed by atoms with Crippen LogP contribution in [0.1, 0.15) is 43.2 Å². The molecule has 0 bridgehead atoms. The van der Waals surface area contributed by atoms with Gasteiger partial charge in [-0.05, 0) is 36.9 Å². The molecule has 2 N–H and O–H groups in total. The van der Waals surface area contributed by atoms with Crippen LogP contribution >= 0.6 is 0 Å². The van der Waals surface area contributed by atoms with E-state index in [1.54, 1.807) is 0 Å². The van der Waals surface area contributed by atoms with Gasteiger partial charge in [-0.1, -0.05) is 37.1 Å². The largest absolute Gasteiger partial charge is 0.330 e. The smallest absolute Gasteiger partial charge is 0.236 e. The number of amides is 2. The molecule has 0 atom stereocenters. The number of imide groups is 1. The molecular weight excluding hydrogens is 264 g/mol. The molecule has 2 aliphatic rings. The summed E-state index contributed by atoms with van der Waals surface area (Å²) in [6.07, 6.45) is 5.16. The zero-order valence-corrected chi connectivity index (χ0v) is 12.3. The summed E-state index contributed by atoms with van der Waals surface area (Å²) in [5.41, 5.74) is 7.37. The minimum Gasteiger partial charge on any atom is -0.330 e. The van der Waals surface area contributed by atoms with Gasteiger partial charge in [0, 0.05) is 6.42 Å². The molecule has 2 amide bonds. The molecule has 1 aromatic carbocycles. The van der Waals surface area contributed by atoms with Crippen molar-refractivity contribution >= 4 is 11.8 Å². The number of likely N-dealkylation sites (tertiary alicyclic amines) is 1. The van der Waals surface area contributed by atoms with Crippen molar-refractivity contribution in [2.75, 3.05) is 6.54 Å². The molecule has 1 saturated carbocycles. The summed E-state index contributed by atoms with van der Waals surface area (Å²) in [5.74, 6) is 0.0453. The zero-order chi connectivity index (χ0) is 14.9. The first-order chi connectivity index (χ1) is 10.1. The van der Waals surface area contributed by atoms with Crippen LogP contribution in [0.2, 0.25) is 0 Å². The molecule has 3 rings (SSSR count). The van der Waals surface area contributed by atoms with Crippen molar-refractivity contribution in [3.63, 3.8) is 0 Å². The Morgan fingerprint density at radius 3 is 2.29 bits per heavy atom. The van der Waals surface area contributed by atoms with Crippen LogP contribution in [-0.2, 0) is 22.6 Å². The van der Waals surface area contributed by atoms with Gasteiger partial charge in [-0.25, -0.2) is 0 Å². The lowest BCUT2D eigenvalue weighted by Gasteiger charge is -2.21. The summed E-state index contributed by atoms with van der Waals surface area (Å²) in [6, 6.07) is 8.04. The first-order valence-corrected chi connectivity index (χ1v) is 7.77. The van der Waals surface area contributed by atoms with E-state index in [4.69, 9.17) is 5.73 Å². The van der Waals surface area contributed by atoms with E-state index < -0.39 is 0 Å². The van der Waals surface area contributed by atoms with Gasteiger partial charge < -0.3 is 5.73 Å². The maximum atomic E-state index is 12.6. The molecule has 2 fully saturated rings. The van der Waals surface area contributed by atoms with Crippen molar-refractivity contribution in [2.45, 2.75) is 45.1 Å². The van der Waals surface area contributed by atoms with Crippen molar-refractivity contribution in [1.82, 2.24) is 4.90 Å². The molecule has 4 nitrogen and oxygen atoms in total. The molecule has 1 saturated heterocycles. The van der Waals surface area contributed by atoms with Gasteiger partial charge in [0.25, 0.3) is 0 Å². The average Bonchev–Trinajstić information content (AvgIpc) is 3.03. The van der Waals surface area contributed by atoms with Crippen LogP contribution in [0.3, 0.4) is 0 Å². The Labute approximate surface area is 125 Å². The lowest BCUT2D eigenvalue weighted by molar-refractivity contribution is -0.142. The van der Waals surface area contributed by atoms with E-state index >= 15 is 0 Å². The Morgan fingerprint density at radius 1 is 1.05 bits per heavy atom. The topological polar surface area (TPSA) is 63.4 Å². The van der Waals surface area contributed by atoms with Gasteiger partial charge in [-0.2, -0.15) is 0 Å². The summed E-state index contributed by atoms with van der Waals surface area (Å²) in [4.78, 5) is 26.3. The number of carbonyl (C=O) groups excluding carboxylic acids is 2. The number of rotatable bonds is 4. The standard InChI is InChI=1S/C17H22N2O2/c18-10-7-13-3-5-14(6-4-13)12-19-15(20)11-17(16(19)21)8-1-2-9-17/h3-6H,1-2,7-12,18H2. The SMILES string of the molecule is NCCc1ccc(CN2C(=O)CC3(CCCC3)C2=O)cc1. The maximum absolute atomic E-state index is 12.6. The fourth-order valence-corrected chi connectivity index (χ4v) is 3.62. The van der Waals surface area contributed by atoms with Crippen LogP contribution < -0.4 is 5.73 Å². The Bertz CT molecular complexity index is 544. The second-order valence-electron chi connectivity index (χ2n) is 6.30. The highest BCUT2D eigenvalue weighted by Crippen LogP contribution is 2.47. The number of benzene rings is 1. The molecule has 112 valence electrons. The van der Waals surface area contributed by atoms with Crippen molar-refractivity contribution in [3.8, 4) is 0 Å². The van der Waals surface area contributed by atoms with Crippen LogP contribution in [-0.4, -0.2) is 23.3 Å². The third-order valence-electron chi connectivity index (χ3n) is 4.85. The number of carbonyl (C=O) groups is 2. The van der Waals surface area contributed by atoms with Crippen LogP contribution in [0.15, 0.2) is 24.3 Å². The van der Waals surface area contributed by atoms with E-state index in [-0.39, 0.29) is 17.2 Å². The summed E-state index contributed by atoms with van der Waals surface area (Å²) in [5, 5.41) is 0. The van der Waals surface area contributed by atoms with E-state index in [1.807, 2.05) is 24.3 Å². The minimum atomic E-state index is -0.365. The summed E-state index contributed by atoms with van der Waals surface area (Å²) < 4.78 is 0. The maximum Gasteiger partial charge on any atom is 0.236 e. The van der Waals surface area contributed by atoms with E-state index in [1.165, 1.54) is 10.5 Å². The highest BCUT2D eigenvalue weighted by molar-refractivity contribution is 6.05. The van der Waals surface area contributed by atoms with E-state index in [0.717, 1.165) is 37.7 Å². The first-order valence-electron chi connectivity index (χ1n) is 7.77. The number of nitrogens with zero attached hydrogens (tertiary/aromatic N) is 1. The van der Waals surface area contributed by atoms with Gasteiger partial charge >= 0.3 is 0 Å². The monoisotopic (exact) mass is 286 g/mol. The van der Waals surface area contributed by atoms with Gasteiger partial charge in [-0.3, -0.25) is 14.5 Å². The number of hydrogen-bond acceptors (Lipinski definition) is 3. The van der Waals surface area contributed by atoms with Crippen LogP contribution in [0.4, 0.5) is 0 Å². The Kier molecular flexibility index (Phi) is 3.81. The van der Waals surface area contributed by atoms with Crippen LogP contribution in [0, 0.1) is 5.41 Å². The molecule has 1 heterocycles. The molecule has 0 aromatic heterocycles. The second kappa shape index (κ2) is 5.60. The second-order valence-corrected chi connectivity index (χ2v) is 6.30. The first kappa shape index (κ1) is 14.3. The lowest BCUT2D eigenvalue weighted by atomic mass is 9.84. The third kappa shape index (κ3) is 2.60. The Hall–Kier alpha value is -1.68.